The average Bonchev–Trinajstić information content (AvgIpc) is 3.22. The van der Waals surface area contributed by atoms with Gasteiger partial charge in [0.1, 0.15) is 5.75 Å². The highest BCUT2D eigenvalue weighted by molar-refractivity contribution is 5.97. The lowest BCUT2D eigenvalue weighted by Crippen LogP contribution is -2.29. The third kappa shape index (κ3) is 4.23. The van der Waals surface area contributed by atoms with Crippen LogP contribution in [0.25, 0.3) is 11.0 Å². The number of hydrogen-bond acceptors (Lipinski definition) is 3. The second-order valence-electron chi connectivity index (χ2n) is 6.88. The van der Waals surface area contributed by atoms with Gasteiger partial charge in [-0.05, 0) is 35.4 Å². The van der Waals surface area contributed by atoms with Crippen molar-refractivity contribution in [1.29, 1.82) is 0 Å². The summed E-state index contributed by atoms with van der Waals surface area (Å²) in [5, 5.41) is 2.97. The number of amides is 1. The smallest absolute Gasteiger partial charge is 0.449 e. The average molecular weight is 425 g/mol. The third-order valence-corrected chi connectivity index (χ3v) is 4.87. The zero-order chi connectivity index (χ0) is 22.0. The fraction of sp³-hybridized carbons (Fsp3) is 0.130. The Labute approximate surface area is 175 Å². The van der Waals surface area contributed by atoms with Gasteiger partial charge in [-0.1, -0.05) is 48.5 Å². The van der Waals surface area contributed by atoms with Gasteiger partial charge in [0.2, 0.25) is 5.82 Å². The van der Waals surface area contributed by atoms with Crippen LogP contribution in [0.15, 0.2) is 72.8 Å². The molecule has 1 amide bonds. The summed E-state index contributed by atoms with van der Waals surface area (Å²) in [5.74, 6) is -1.01. The number of imidazole rings is 1. The number of para-hydroxylation sites is 1. The van der Waals surface area contributed by atoms with E-state index < -0.39 is 18.0 Å². The van der Waals surface area contributed by atoms with Crippen molar-refractivity contribution in [2.24, 2.45) is 0 Å². The van der Waals surface area contributed by atoms with E-state index in [4.69, 9.17) is 4.74 Å². The molecule has 1 unspecified atom stereocenters. The molecular weight excluding hydrogens is 407 g/mol. The van der Waals surface area contributed by atoms with E-state index in [9.17, 15) is 18.0 Å². The summed E-state index contributed by atoms with van der Waals surface area (Å²) in [4.78, 5) is 18.9. The molecule has 0 aliphatic carbocycles. The molecule has 5 nitrogen and oxygen atoms in total. The van der Waals surface area contributed by atoms with E-state index in [1.807, 2.05) is 30.3 Å². The van der Waals surface area contributed by atoms with Crippen molar-refractivity contribution < 1.29 is 22.7 Å². The van der Waals surface area contributed by atoms with Gasteiger partial charge in [0, 0.05) is 0 Å². The normalized spacial score (nSPS) is 12.5. The van der Waals surface area contributed by atoms with Crippen molar-refractivity contribution in [3.8, 4) is 5.75 Å². The van der Waals surface area contributed by atoms with Crippen LogP contribution in [0.3, 0.4) is 0 Å². The maximum absolute atomic E-state index is 13.0. The first kappa shape index (κ1) is 20.5. The number of H-pyrrole nitrogens is 1. The summed E-state index contributed by atoms with van der Waals surface area (Å²) in [6, 6.07) is 20.1. The second-order valence-corrected chi connectivity index (χ2v) is 6.88. The topological polar surface area (TPSA) is 67.0 Å². The number of benzene rings is 3. The van der Waals surface area contributed by atoms with Crippen molar-refractivity contribution >= 4 is 16.9 Å². The number of aromatic nitrogens is 2. The van der Waals surface area contributed by atoms with Crippen LogP contribution in [0.2, 0.25) is 0 Å². The minimum atomic E-state index is -4.57. The highest BCUT2D eigenvalue weighted by Crippen LogP contribution is 2.31. The molecule has 0 radical (unpaired) electrons. The van der Waals surface area contributed by atoms with Crippen LogP contribution in [0.1, 0.15) is 33.4 Å². The van der Waals surface area contributed by atoms with Gasteiger partial charge >= 0.3 is 6.18 Å². The van der Waals surface area contributed by atoms with Crippen LogP contribution in [0.4, 0.5) is 13.2 Å². The minimum Gasteiger partial charge on any atom is -0.496 e. The van der Waals surface area contributed by atoms with Crippen molar-refractivity contribution in [2.75, 3.05) is 7.11 Å². The second kappa shape index (κ2) is 8.14. The molecule has 0 aliphatic rings. The van der Waals surface area contributed by atoms with Gasteiger partial charge in [-0.2, -0.15) is 13.2 Å². The van der Waals surface area contributed by atoms with Gasteiger partial charge in [-0.15, -0.1) is 0 Å². The van der Waals surface area contributed by atoms with Crippen molar-refractivity contribution in [1.82, 2.24) is 15.3 Å². The molecule has 0 fully saturated rings. The Kier molecular flexibility index (Phi) is 5.37. The van der Waals surface area contributed by atoms with Gasteiger partial charge in [-0.3, -0.25) is 4.79 Å². The van der Waals surface area contributed by atoms with E-state index in [2.05, 4.69) is 15.3 Å². The highest BCUT2D eigenvalue weighted by atomic mass is 19.4. The first-order valence-electron chi connectivity index (χ1n) is 9.42. The molecule has 1 atom stereocenters. The predicted octanol–water partition coefficient (Wildman–Crippen LogP) is 5.11. The molecule has 0 spiro atoms. The lowest BCUT2D eigenvalue weighted by Gasteiger charge is -2.20. The molecule has 0 saturated heterocycles. The summed E-state index contributed by atoms with van der Waals surface area (Å²) >= 11 is 0. The molecule has 1 heterocycles. The van der Waals surface area contributed by atoms with E-state index in [1.54, 1.807) is 36.4 Å². The summed E-state index contributed by atoms with van der Waals surface area (Å²) < 4.78 is 44.3. The van der Waals surface area contributed by atoms with E-state index >= 15 is 0 Å². The number of aromatic amines is 1. The molecule has 1 aromatic heterocycles. The monoisotopic (exact) mass is 425 g/mol. The highest BCUT2D eigenvalue weighted by Gasteiger charge is 2.34. The molecule has 2 N–H and O–H groups in total. The van der Waals surface area contributed by atoms with Crippen LogP contribution in [-0.4, -0.2) is 23.0 Å². The summed E-state index contributed by atoms with van der Waals surface area (Å²) in [6.45, 7) is 0. The number of halogens is 3. The molecule has 3 aromatic carbocycles. The molecule has 31 heavy (non-hydrogen) atoms. The van der Waals surface area contributed by atoms with Gasteiger partial charge in [0.25, 0.3) is 5.91 Å². The maximum Gasteiger partial charge on any atom is 0.449 e. The summed E-state index contributed by atoms with van der Waals surface area (Å²) in [5.41, 5.74) is 2.17. The molecule has 0 saturated carbocycles. The molecule has 0 bridgehead atoms. The number of alkyl halides is 3. The van der Waals surface area contributed by atoms with Crippen LogP contribution in [0.5, 0.6) is 5.75 Å². The Hall–Kier alpha value is -3.81. The van der Waals surface area contributed by atoms with Crippen molar-refractivity contribution in [2.45, 2.75) is 12.2 Å². The van der Waals surface area contributed by atoms with Gasteiger partial charge in [0.15, 0.2) is 0 Å². The Balaban J connectivity index is 1.74. The lowest BCUT2D eigenvalue weighted by atomic mass is 9.97. The minimum absolute atomic E-state index is 0.193. The fourth-order valence-corrected chi connectivity index (χ4v) is 3.39. The standard InChI is InChI=1S/C23H18F3N3O2/c1-31-19-10-6-5-9-16(19)21(30)29-20(14-7-3-2-4-8-14)15-11-12-17-18(13-15)28-22(27-17)23(24,25)26/h2-13,20H,1H3,(H,27,28)(H,29,30). The quantitative estimate of drug-likeness (QED) is 0.467. The zero-order valence-corrected chi connectivity index (χ0v) is 16.4. The zero-order valence-electron chi connectivity index (χ0n) is 16.4. The van der Waals surface area contributed by atoms with Crippen LogP contribution < -0.4 is 10.1 Å². The first-order valence-corrected chi connectivity index (χ1v) is 9.42. The Morgan fingerprint density at radius 1 is 1.00 bits per heavy atom. The third-order valence-electron chi connectivity index (χ3n) is 4.87. The summed E-state index contributed by atoms with van der Waals surface area (Å²) in [6.07, 6.45) is -4.57. The Morgan fingerprint density at radius 3 is 2.42 bits per heavy atom. The van der Waals surface area contributed by atoms with Gasteiger partial charge < -0.3 is 15.0 Å². The number of hydrogen-bond donors (Lipinski definition) is 2. The van der Waals surface area contributed by atoms with E-state index in [-0.39, 0.29) is 16.9 Å². The number of carbonyl (C=O) groups is 1. The number of methoxy groups -OCH3 is 1. The number of nitrogens with one attached hydrogen (secondary N) is 2. The lowest BCUT2D eigenvalue weighted by molar-refractivity contribution is -0.144. The van der Waals surface area contributed by atoms with Crippen LogP contribution >= 0.6 is 0 Å². The molecule has 158 valence electrons. The number of fused-ring (bicyclic) bond motifs is 1. The Bertz CT molecular complexity index is 1220. The number of rotatable bonds is 5. The molecule has 4 aromatic rings. The predicted molar refractivity (Wildman–Crippen MR) is 110 cm³/mol. The van der Waals surface area contributed by atoms with Crippen molar-refractivity contribution in [3.05, 3.63) is 95.3 Å². The Morgan fingerprint density at radius 2 is 1.71 bits per heavy atom. The van der Waals surface area contributed by atoms with Crippen LogP contribution in [0, 0.1) is 0 Å². The summed E-state index contributed by atoms with van der Waals surface area (Å²) in [7, 11) is 1.48. The molecular formula is C23H18F3N3O2. The number of ether oxygens (including phenoxy) is 1. The van der Waals surface area contributed by atoms with E-state index in [0.29, 0.717) is 16.9 Å². The fourth-order valence-electron chi connectivity index (χ4n) is 3.39. The number of carbonyl (C=O) groups excluding carboxylic acids is 1. The first-order chi connectivity index (χ1) is 14.9. The SMILES string of the molecule is COc1ccccc1C(=O)NC(c1ccccc1)c1ccc2nc(C(F)(F)F)[nH]c2c1. The molecule has 8 heteroatoms. The van der Waals surface area contributed by atoms with Crippen molar-refractivity contribution in [3.63, 3.8) is 0 Å². The van der Waals surface area contributed by atoms with Gasteiger partial charge in [-0.25, -0.2) is 4.98 Å². The van der Waals surface area contributed by atoms with E-state index in [1.165, 1.54) is 13.2 Å². The molecule has 0 aliphatic heterocycles. The number of nitrogens with zero attached hydrogens (tertiary/aromatic N) is 1. The van der Waals surface area contributed by atoms with Crippen LogP contribution in [-0.2, 0) is 6.18 Å². The van der Waals surface area contributed by atoms with E-state index in [0.717, 1.165) is 5.56 Å². The largest absolute Gasteiger partial charge is 0.496 e. The van der Waals surface area contributed by atoms with Gasteiger partial charge in [0.05, 0.1) is 29.7 Å². The molecule has 4 rings (SSSR count). The maximum atomic E-state index is 13.0.